The third-order valence-corrected chi connectivity index (χ3v) is 2.71. The van der Waals surface area contributed by atoms with Crippen LogP contribution in [0.1, 0.15) is 33.5 Å². The van der Waals surface area contributed by atoms with E-state index in [2.05, 4.69) is 9.97 Å². The summed E-state index contributed by atoms with van der Waals surface area (Å²) in [5.41, 5.74) is 7.28. The third-order valence-electron chi connectivity index (χ3n) is 2.71. The first-order valence-corrected chi connectivity index (χ1v) is 6.48. The number of nitrogens with two attached hydrogens (primary N) is 1. The molecule has 0 fully saturated rings. The topological polar surface area (TPSA) is 63.9 Å². The Balaban J connectivity index is 2.20. The van der Waals surface area contributed by atoms with Gasteiger partial charge in [0.15, 0.2) is 0 Å². The Bertz CT molecular complexity index is 576. The number of nitrogens with zero attached hydrogens (tertiary/aromatic N) is 1. The van der Waals surface area contributed by atoms with Crippen LogP contribution in [-0.2, 0) is 5.54 Å². The van der Waals surface area contributed by atoms with Gasteiger partial charge in [0.2, 0.25) is 5.85 Å². The molecule has 0 aliphatic carbocycles. The minimum atomic E-state index is -1.69. The molecule has 0 saturated carbocycles. The number of benzene rings is 1. The zero-order valence-corrected chi connectivity index (χ0v) is 12.2. The van der Waals surface area contributed by atoms with E-state index in [1.165, 1.54) is 13.8 Å². The molecule has 0 spiro atoms. The highest BCUT2D eigenvalue weighted by Crippen LogP contribution is 2.25. The molecule has 0 aliphatic heterocycles. The van der Waals surface area contributed by atoms with E-state index in [9.17, 15) is 4.39 Å². The van der Waals surface area contributed by atoms with Crippen molar-refractivity contribution in [1.29, 1.82) is 0 Å². The zero-order chi connectivity index (χ0) is 15.0. The van der Waals surface area contributed by atoms with Crippen molar-refractivity contribution in [1.82, 2.24) is 9.97 Å². The predicted octanol–water partition coefficient (Wildman–Crippen LogP) is 3.35. The van der Waals surface area contributed by atoms with Gasteiger partial charge in [-0.15, -0.1) is 0 Å². The molecule has 1 aromatic heterocycles. The molecule has 0 unspecified atom stereocenters. The number of ether oxygens (including phenoxy) is 1. The molecule has 2 aromatic rings. The molecule has 0 atom stereocenters. The first-order chi connectivity index (χ1) is 9.15. The number of H-pyrrole nitrogens is 1. The Morgan fingerprint density at radius 1 is 1.15 bits per heavy atom. The lowest BCUT2D eigenvalue weighted by Gasteiger charge is -2.17. The molecule has 0 radical (unpaired) electrons. The lowest BCUT2D eigenvalue weighted by molar-refractivity contribution is -0.0256. The van der Waals surface area contributed by atoms with E-state index >= 15 is 0 Å². The standard InChI is InChI=1S/C15H20FN3O/c1-14(2,17)13-18-9-12(19-13)10-5-7-11(8-6-10)20-15(3,4)16/h5-9H,17H2,1-4H3,(H,18,19). The number of aromatic nitrogens is 2. The fourth-order valence-corrected chi connectivity index (χ4v) is 1.78. The monoisotopic (exact) mass is 277 g/mol. The van der Waals surface area contributed by atoms with Crippen LogP contribution in [0, 0.1) is 0 Å². The summed E-state index contributed by atoms with van der Waals surface area (Å²) in [4.78, 5) is 7.46. The maximum absolute atomic E-state index is 13.4. The van der Waals surface area contributed by atoms with Gasteiger partial charge in [-0.3, -0.25) is 0 Å². The largest absolute Gasteiger partial charge is 0.459 e. The van der Waals surface area contributed by atoms with E-state index in [4.69, 9.17) is 10.5 Å². The van der Waals surface area contributed by atoms with Gasteiger partial charge in [-0.1, -0.05) is 0 Å². The van der Waals surface area contributed by atoms with E-state index in [0.717, 1.165) is 17.1 Å². The summed E-state index contributed by atoms with van der Waals surface area (Å²) >= 11 is 0. The Hall–Kier alpha value is -1.88. The molecular weight excluding hydrogens is 257 g/mol. The minimum Gasteiger partial charge on any atom is -0.459 e. The van der Waals surface area contributed by atoms with E-state index in [1.807, 2.05) is 26.0 Å². The number of aromatic amines is 1. The van der Waals surface area contributed by atoms with Crippen LogP contribution < -0.4 is 10.5 Å². The van der Waals surface area contributed by atoms with Crippen molar-refractivity contribution in [2.45, 2.75) is 39.1 Å². The van der Waals surface area contributed by atoms with E-state index in [1.54, 1.807) is 18.3 Å². The molecule has 108 valence electrons. The van der Waals surface area contributed by atoms with Crippen molar-refractivity contribution in [2.75, 3.05) is 0 Å². The van der Waals surface area contributed by atoms with E-state index < -0.39 is 11.4 Å². The molecule has 0 saturated heterocycles. The van der Waals surface area contributed by atoms with Crippen molar-refractivity contribution < 1.29 is 9.13 Å². The van der Waals surface area contributed by atoms with Crippen molar-refractivity contribution in [3.05, 3.63) is 36.3 Å². The van der Waals surface area contributed by atoms with Crippen LogP contribution >= 0.6 is 0 Å². The zero-order valence-electron chi connectivity index (χ0n) is 12.2. The second-order valence-electron chi connectivity index (χ2n) is 5.86. The molecular formula is C15H20FN3O. The minimum absolute atomic E-state index is 0.486. The van der Waals surface area contributed by atoms with Crippen molar-refractivity contribution in [3.63, 3.8) is 0 Å². The van der Waals surface area contributed by atoms with Gasteiger partial charge in [-0.25, -0.2) is 4.98 Å². The number of nitrogens with one attached hydrogen (secondary N) is 1. The Morgan fingerprint density at radius 2 is 1.75 bits per heavy atom. The van der Waals surface area contributed by atoms with Crippen molar-refractivity contribution in [3.8, 4) is 17.0 Å². The second-order valence-corrected chi connectivity index (χ2v) is 5.86. The first-order valence-electron chi connectivity index (χ1n) is 6.48. The maximum Gasteiger partial charge on any atom is 0.242 e. The van der Waals surface area contributed by atoms with Crippen molar-refractivity contribution in [2.24, 2.45) is 5.73 Å². The SMILES string of the molecule is CC(C)(F)Oc1ccc(-c2cnc(C(C)(C)N)[nH]2)cc1. The molecule has 2 rings (SSSR count). The smallest absolute Gasteiger partial charge is 0.242 e. The number of imidazole rings is 1. The molecule has 3 N–H and O–H groups in total. The summed E-state index contributed by atoms with van der Waals surface area (Å²) in [6.07, 6.45) is 1.74. The number of halogens is 1. The summed E-state index contributed by atoms with van der Waals surface area (Å²) in [5.74, 6) is -0.482. The predicted molar refractivity (Wildman–Crippen MR) is 77.1 cm³/mol. The molecule has 4 nitrogen and oxygen atoms in total. The molecule has 1 heterocycles. The molecule has 0 aliphatic rings. The van der Waals surface area contributed by atoms with Gasteiger partial charge in [0.05, 0.1) is 17.4 Å². The van der Waals surface area contributed by atoms with Gasteiger partial charge in [0.25, 0.3) is 0 Å². The van der Waals surface area contributed by atoms with Crippen LogP contribution in [0.3, 0.4) is 0 Å². The highest BCUT2D eigenvalue weighted by atomic mass is 19.2. The summed E-state index contributed by atoms with van der Waals surface area (Å²) in [7, 11) is 0. The van der Waals surface area contributed by atoms with Crippen LogP contribution in [0.15, 0.2) is 30.5 Å². The van der Waals surface area contributed by atoms with Gasteiger partial charge in [0, 0.05) is 13.8 Å². The highest BCUT2D eigenvalue weighted by Gasteiger charge is 2.19. The number of rotatable bonds is 4. The van der Waals surface area contributed by atoms with Crippen LogP contribution in [0.4, 0.5) is 4.39 Å². The fraction of sp³-hybridized carbons (Fsp3) is 0.400. The summed E-state index contributed by atoms with van der Waals surface area (Å²) < 4.78 is 18.5. The molecule has 5 heteroatoms. The Morgan fingerprint density at radius 3 is 2.20 bits per heavy atom. The van der Waals surface area contributed by atoms with Gasteiger partial charge >= 0.3 is 0 Å². The lowest BCUT2D eigenvalue weighted by Crippen LogP contribution is -2.30. The normalized spacial score (nSPS) is 12.5. The van der Waals surface area contributed by atoms with Crippen LogP contribution in [0.5, 0.6) is 5.75 Å². The number of hydrogen-bond acceptors (Lipinski definition) is 3. The molecule has 1 aromatic carbocycles. The van der Waals surface area contributed by atoms with E-state index in [0.29, 0.717) is 5.75 Å². The molecule has 0 amide bonds. The Kier molecular flexibility index (Phi) is 3.56. The third kappa shape index (κ3) is 3.57. The summed E-state index contributed by atoms with van der Waals surface area (Å²) in [6, 6.07) is 7.15. The Labute approximate surface area is 118 Å². The number of alkyl halides is 1. The molecule has 0 bridgehead atoms. The molecule has 20 heavy (non-hydrogen) atoms. The quantitative estimate of drug-likeness (QED) is 0.900. The van der Waals surface area contributed by atoms with Crippen molar-refractivity contribution >= 4 is 0 Å². The lowest BCUT2D eigenvalue weighted by atomic mass is 10.1. The fourth-order valence-electron chi connectivity index (χ4n) is 1.78. The second kappa shape index (κ2) is 4.90. The van der Waals surface area contributed by atoms with E-state index in [-0.39, 0.29) is 0 Å². The van der Waals surface area contributed by atoms with Gasteiger partial charge < -0.3 is 15.5 Å². The van der Waals surface area contributed by atoms with Gasteiger partial charge in [-0.2, -0.15) is 4.39 Å². The number of hydrogen-bond donors (Lipinski definition) is 2. The van der Waals surface area contributed by atoms with Crippen LogP contribution in [0.2, 0.25) is 0 Å². The maximum atomic E-state index is 13.4. The summed E-state index contributed by atoms with van der Waals surface area (Å²) in [6.45, 7) is 6.50. The average Bonchev–Trinajstić information content (AvgIpc) is 2.76. The summed E-state index contributed by atoms with van der Waals surface area (Å²) in [5, 5.41) is 0. The van der Waals surface area contributed by atoms with Gasteiger partial charge in [-0.05, 0) is 43.7 Å². The van der Waals surface area contributed by atoms with Crippen LogP contribution in [0.25, 0.3) is 11.3 Å². The highest BCUT2D eigenvalue weighted by molar-refractivity contribution is 5.59. The average molecular weight is 277 g/mol. The first kappa shape index (κ1) is 14.5. The van der Waals surface area contributed by atoms with Gasteiger partial charge in [0.1, 0.15) is 11.6 Å². The van der Waals surface area contributed by atoms with Crippen LogP contribution in [-0.4, -0.2) is 15.8 Å².